The van der Waals surface area contributed by atoms with Gasteiger partial charge < -0.3 is 10.1 Å². The molecule has 0 aliphatic carbocycles. The Bertz CT molecular complexity index is 227. The minimum Gasteiger partial charge on any atom is -0.471 e. The van der Waals surface area contributed by atoms with Gasteiger partial charge >= 0.3 is 0 Å². The molecule has 66 valence electrons. The van der Waals surface area contributed by atoms with E-state index in [-0.39, 0.29) is 18.5 Å². The van der Waals surface area contributed by atoms with Gasteiger partial charge in [-0.25, -0.2) is 4.98 Å². The highest BCUT2D eigenvalue weighted by Crippen LogP contribution is 2.06. The van der Waals surface area contributed by atoms with E-state index in [2.05, 4.69) is 15.3 Å². The van der Waals surface area contributed by atoms with Crippen LogP contribution in [0, 0.1) is 0 Å². The van der Waals surface area contributed by atoms with Gasteiger partial charge in [0.05, 0.1) is 6.20 Å². The van der Waals surface area contributed by atoms with Crippen LogP contribution in [-0.2, 0) is 0 Å². The van der Waals surface area contributed by atoms with Gasteiger partial charge in [-0.15, -0.1) is 12.4 Å². The summed E-state index contributed by atoms with van der Waals surface area (Å²) in [5, 5.41) is 3.11. The zero-order valence-electron chi connectivity index (χ0n) is 6.43. The molecule has 1 fully saturated rings. The molecule has 1 N–H and O–H groups in total. The smallest absolute Gasteiger partial charge is 0.232 e. The highest BCUT2D eigenvalue weighted by atomic mass is 35.5. The molecule has 2 rings (SSSR count). The summed E-state index contributed by atoms with van der Waals surface area (Å²) < 4.78 is 5.41. The normalized spacial score (nSPS) is 16.0. The van der Waals surface area contributed by atoms with Crippen molar-refractivity contribution in [2.24, 2.45) is 0 Å². The van der Waals surface area contributed by atoms with E-state index in [1.54, 1.807) is 18.6 Å². The molecular formula is C7H10ClN3O. The van der Waals surface area contributed by atoms with Crippen molar-refractivity contribution < 1.29 is 4.74 Å². The predicted molar refractivity (Wildman–Crippen MR) is 46.6 cm³/mol. The first-order valence-corrected chi connectivity index (χ1v) is 3.58. The molecule has 4 nitrogen and oxygen atoms in total. The number of nitrogens with zero attached hydrogens (tertiary/aromatic N) is 2. The second-order valence-corrected chi connectivity index (χ2v) is 2.44. The lowest BCUT2D eigenvalue weighted by Crippen LogP contribution is -2.50. The number of hydrogen-bond donors (Lipinski definition) is 1. The van der Waals surface area contributed by atoms with Gasteiger partial charge in [0.1, 0.15) is 6.10 Å². The van der Waals surface area contributed by atoms with Crippen LogP contribution in [0.2, 0.25) is 0 Å². The average Bonchev–Trinajstić information content (AvgIpc) is 1.99. The van der Waals surface area contributed by atoms with Gasteiger partial charge in [0, 0.05) is 25.5 Å². The quantitative estimate of drug-likeness (QED) is 0.721. The summed E-state index contributed by atoms with van der Waals surface area (Å²) in [6.45, 7) is 1.83. The number of ether oxygens (including phenoxy) is 1. The Hall–Kier alpha value is -0.870. The third-order valence-electron chi connectivity index (χ3n) is 1.57. The minimum absolute atomic E-state index is 0. The zero-order valence-corrected chi connectivity index (χ0v) is 7.25. The van der Waals surface area contributed by atoms with E-state index >= 15 is 0 Å². The molecule has 2 heterocycles. The van der Waals surface area contributed by atoms with Crippen LogP contribution in [0.4, 0.5) is 0 Å². The van der Waals surface area contributed by atoms with Gasteiger partial charge in [0.25, 0.3) is 0 Å². The Morgan fingerprint density at radius 2 is 2.25 bits per heavy atom. The Labute approximate surface area is 76.8 Å². The fraction of sp³-hybridized carbons (Fsp3) is 0.429. The van der Waals surface area contributed by atoms with Gasteiger partial charge in [-0.1, -0.05) is 0 Å². The SMILES string of the molecule is Cl.c1cnc(OC2CNC2)cn1. The predicted octanol–water partition coefficient (Wildman–Crippen LogP) is 0.249. The maximum absolute atomic E-state index is 5.41. The lowest BCUT2D eigenvalue weighted by molar-refractivity contribution is 0.135. The maximum Gasteiger partial charge on any atom is 0.232 e. The molecule has 0 spiro atoms. The molecule has 1 aliphatic heterocycles. The number of halogens is 1. The Morgan fingerprint density at radius 3 is 2.75 bits per heavy atom. The zero-order chi connectivity index (χ0) is 7.52. The first kappa shape index (κ1) is 9.22. The summed E-state index contributed by atoms with van der Waals surface area (Å²) in [4.78, 5) is 7.88. The molecule has 1 saturated heterocycles. The third-order valence-corrected chi connectivity index (χ3v) is 1.57. The van der Waals surface area contributed by atoms with Gasteiger partial charge in [-0.05, 0) is 0 Å². The van der Waals surface area contributed by atoms with E-state index < -0.39 is 0 Å². The van der Waals surface area contributed by atoms with Crippen molar-refractivity contribution in [1.82, 2.24) is 15.3 Å². The van der Waals surface area contributed by atoms with Crippen molar-refractivity contribution in [2.75, 3.05) is 13.1 Å². The summed E-state index contributed by atoms with van der Waals surface area (Å²) in [6.07, 6.45) is 5.16. The molecule has 0 bridgehead atoms. The fourth-order valence-electron chi connectivity index (χ4n) is 0.863. The van der Waals surface area contributed by atoms with Crippen LogP contribution >= 0.6 is 12.4 Å². The summed E-state index contributed by atoms with van der Waals surface area (Å²) in [7, 11) is 0. The van der Waals surface area contributed by atoms with Gasteiger partial charge in [-0.2, -0.15) is 0 Å². The van der Waals surface area contributed by atoms with Crippen molar-refractivity contribution in [2.45, 2.75) is 6.10 Å². The summed E-state index contributed by atoms with van der Waals surface area (Å²) >= 11 is 0. The summed E-state index contributed by atoms with van der Waals surface area (Å²) in [6, 6.07) is 0. The molecule has 0 aromatic carbocycles. The lowest BCUT2D eigenvalue weighted by atomic mass is 10.2. The largest absolute Gasteiger partial charge is 0.471 e. The van der Waals surface area contributed by atoms with Crippen LogP contribution in [-0.4, -0.2) is 29.2 Å². The van der Waals surface area contributed by atoms with E-state index in [1.807, 2.05) is 0 Å². The second-order valence-electron chi connectivity index (χ2n) is 2.44. The molecule has 0 atom stereocenters. The van der Waals surface area contributed by atoms with Crippen molar-refractivity contribution in [1.29, 1.82) is 0 Å². The number of aromatic nitrogens is 2. The van der Waals surface area contributed by atoms with Gasteiger partial charge in [0.15, 0.2) is 0 Å². The van der Waals surface area contributed by atoms with Crippen LogP contribution in [0.1, 0.15) is 0 Å². The van der Waals surface area contributed by atoms with E-state index in [0.717, 1.165) is 13.1 Å². The molecule has 5 heteroatoms. The van der Waals surface area contributed by atoms with E-state index in [4.69, 9.17) is 4.74 Å². The molecule has 0 radical (unpaired) electrons. The average molecular weight is 188 g/mol. The number of hydrogen-bond acceptors (Lipinski definition) is 4. The molecule has 0 unspecified atom stereocenters. The number of rotatable bonds is 2. The van der Waals surface area contributed by atoms with Crippen LogP contribution in [0.25, 0.3) is 0 Å². The highest BCUT2D eigenvalue weighted by Gasteiger charge is 2.18. The molecule has 12 heavy (non-hydrogen) atoms. The van der Waals surface area contributed by atoms with Crippen LogP contribution < -0.4 is 10.1 Å². The fourth-order valence-corrected chi connectivity index (χ4v) is 0.863. The van der Waals surface area contributed by atoms with Crippen molar-refractivity contribution in [3.05, 3.63) is 18.6 Å². The van der Waals surface area contributed by atoms with Crippen molar-refractivity contribution in [3.63, 3.8) is 0 Å². The number of nitrogens with one attached hydrogen (secondary N) is 1. The van der Waals surface area contributed by atoms with E-state index in [9.17, 15) is 0 Å². The minimum atomic E-state index is 0. The molecule has 0 saturated carbocycles. The first-order valence-electron chi connectivity index (χ1n) is 3.58. The lowest BCUT2D eigenvalue weighted by Gasteiger charge is -2.26. The molecule has 0 amide bonds. The van der Waals surface area contributed by atoms with E-state index in [0.29, 0.717) is 5.88 Å². The Morgan fingerprint density at radius 1 is 1.42 bits per heavy atom. The van der Waals surface area contributed by atoms with Crippen LogP contribution in [0.15, 0.2) is 18.6 Å². The summed E-state index contributed by atoms with van der Waals surface area (Å²) in [5.74, 6) is 0.610. The van der Waals surface area contributed by atoms with Crippen molar-refractivity contribution in [3.8, 4) is 5.88 Å². The molecule has 1 aliphatic rings. The molecule has 1 aromatic rings. The molecular weight excluding hydrogens is 178 g/mol. The van der Waals surface area contributed by atoms with Crippen LogP contribution in [0.3, 0.4) is 0 Å². The van der Waals surface area contributed by atoms with Gasteiger partial charge in [-0.3, -0.25) is 4.98 Å². The maximum atomic E-state index is 5.41. The first-order chi connectivity index (χ1) is 5.45. The monoisotopic (exact) mass is 187 g/mol. The van der Waals surface area contributed by atoms with Gasteiger partial charge in [0.2, 0.25) is 5.88 Å². The third kappa shape index (κ3) is 2.06. The highest BCUT2D eigenvalue weighted by molar-refractivity contribution is 5.85. The van der Waals surface area contributed by atoms with Crippen molar-refractivity contribution >= 4 is 12.4 Å². The van der Waals surface area contributed by atoms with Crippen LogP contribution in [0.5, 0.6) is 5.88 Å². The Balaban J connectivity index is 0.000000720. The topological polar surface area (TPSA) is 47.0 Å². The molecule has 1 aromatic heterocycles. The second kappa shape index (κ2) is 4.23. The Kier molecular flexibility index (Phi) is 3.25. The standard InChI is InChI=1S/C7H9N3O.ClH/c1-2-10-7(5-8-1)11-6-3-9-4-6;/h1-2,5-6,9H,3-4H2;1H. The summed E-state index contributed by atoms with van der Waals surface area (Å²) in [5.41, 5.74) is 0. The van der Waals surface area contributed by atoms with E-state index in [1.165, 1.54) is 0 Å².